The zero-order chi connectivity index (χ0) is 54.1. The number of aliphatic hydroxyl groups excluding tert-OH is 1. The summed E-state index contributed by atoms with van der Waals surface area (Å²) in [6.07, 6.45) is 16.5. The van der Waals surface area contributed by atoms with Crippen LogP contribution in [0.25, 0.3) is 0 Å². The van der Waals surface area contributed by atoms with Crippen molar-refractivity contribution in [2.75, 3.05) is 0 Å². The summed E-state index contributed by atoms with van der Waals surface area (Å²) in [5, 5.41) is 53.9. The second kappa shape index (κ2) is 37.0. The first kappa shape index (κ1) is 73.4. The van der Waals surface area contributed by atoms with Gasteiger partial charge in [0.05, 0.1) is 17.7 Å². The topological polar surface area (TPSA) is 305 Å². The largest absolute Gasteiger partial charge is 1.00 e. The van der Waals surface area contributed by atoms with Gasteiger partial charge in [-0.3, -0.25) is 19.2 Å². The monoisotopic (exact) mass is 1150 g/mol. The first-order chi connectivity index (χ1) is 33.2. The van der Waals surface area contributed by atoms with E-state index in [1.54, 1.807) is 6.08 Å². The van der Waals surface area contributed by atoms with E-state index >= 15 is 0 Å². The van der Waals surface area contributed by atoms with E-state index in [2.05, 4.69) is 67.3 Å². The summed E-state index contributed by atoms with van der Waals surface area (Å²) in [5.41, 5.74) is 3.05. The Morgan fingerprint density at radius 1 is 0.649 bits per heavy atom. The van der Waals surface area contributed by atoms with E-state index in [-0.39, 0.29) is 91.7 Å². The van der Waals surface area contributed by atoms with Crippen LogP contribution in [0.3, 0.4) is 0 Å². The standard InChI is InChI=1S/C18H22O5.C12H18O2.2C6H5ClO3.C6H6O4.2CH4.Cl2OS.Na/c1-12-5-4-8-18(2,3)14(12)6-7-17(21)23-10-13-9-15(19)16(20)11-22-13;1-9-5-4-8-12(2,3)10(9)6-7-11(13)14;3*7-2-4-1-5(8)6(9)3-10-4;;;1-4(2)3;/h6-7,9,11,20H,4-5,8,10H2,1-3H3;6-7H,4-5,8H2,1-3H3,(H,13,14);2*1,3,9H,2H2;1,3,7,9H,2H2;2*1H4;;/q;;;;;;;;+1/p-1/b2*7-6+;;;;;;;. The summed E-state index contributed by atoms with van der Waals surface area (Å²) in [4.78, 5) is 65.3. The molecular weight excluding hydrogens is 1090 g/mol. The summed E-state index contributed by atoms with van der Waals surface area (Å²) in [7, 11) is 7.36. The van der Waals surface area contributed by atoms with Gasteiger partial charge in [-0.15, -0.1) is 23.2 Å². The van der Waals surface area contributed by atoms with E-state index in [1.165, 1.54) is 35.6 Å². The fourth-order valence-corrected chi connectivity index (χ4v) is 6.87. The van der Waals surface area contributed by atoms with Crippen LogP contribution in [-0.2, 0) is 48.5 Å². The van der Waals surface area contributed by atoms with Gasteiger partial charge in [0.1, 0.15) is 61.3 Å². The van der Waals surface area contributed by atoms with Crippen molar-refractivity contribution in [2.45, 2.75) is 120 Å². The molecule has 2 aliphatic carbocycles. The predicted octanol–water partition coefficient (Wildman–Crippen LogP) is 6.62. The average molecular weight is 1150 g/mol. The molecule has 0 aromatic carbocycles. The second-order valence-corrected chi connectivity index (χ2v) is 19.5. The molecule has 0 saturated heterocycles. The minimum absolute atomic E-state index is 0. The fraction of sp³-hybridized carbons (Fsp3) is 0.400. The van der Waals surface area contributed by atoms with Crippen molar-refractivity contribution in [3.05, 3.63) is 160 Å². The molecule has 0 radical (unpaired) electrons. The fourth-order valence-electron chi connectivity index (χ4n) is 6.59. The van der Waals surface area contributed by atoms with Crippen LogP contribution < -0.4 is 56.4 Å². The maximum absolute atomic E-state index is 11.8. The Morgan fingerprint density at radius 3 is 1.27 bits per heavy atom. The van der Waals surface area contributed by atoms with Crippen LogP contribution in [0.1, 0.15) is 118 Å². The SMILES string of the molecule is C.C.CC1=C(/C=C/C(=O)OCc2cc(=O)c(O)co2)C(C)(C)CCC1.CC1=C(/C=C/C(=O)[O-])C(C)(C)CCC1.O=S(Cl)Cl.O=c1cc(CCl)occ1O.O=c1cc(CCl)occ1O.O=c1cc(CO)occ1O.[Na+]. The van der Waals surface area contributed by atoms with Crippen LogP contribution in [0.4, 0.5) is 0 Å². The Morgan fingerprint density at radius 2 is 0.959 bits per heavy atom. The van der Waals surface area contributed by atoms with Gasteiger partial charge in [0.2, 0.25) is 30.9 Å². The van der Waals surface area contributed by atoms with Gasteiger partial charge in [0.15, 0.2) is 23.0 Å². The van der Waals surface area contributed by atoms with Gasteiger partial charge in [-0.25, -0.2) is 9.00 Å². The number of rotatable bonds is 9. The predicted molar refractivity (Wildman–Crippen MR) is 279 cm³/mol. The summed E-state index contributed by atoms with van der Waals surface area (Å²) in [6, 6.07) is 4.45. The number of halogens is 4. The van der Waals surface area contributed by atoms with Crippen molar-refractivity contribution in [1.82, 2.24) is 0 Å². The molecule has 2 aliphatic rings. The van der Waals surface area contributed by atoms with Crippen molar-refractivity contribution < 1.29 is 96.4 Å². The molecule has 24 heteroatoms. The molecule has 74 heavy (non-hydrogen) atoms. The van der Waals surface area contributed by atoms with Crippen LogP contribution in [-0.4, -0.2) is 41.7 Å². The number of alkyl halides is 2. The molecule has 0 amide bonds. The third-order valence-electron chi connectivity index (χ3n) is 10.1. The van der Waals surface area contributed by atoms with Gasteiger partial charge in [0.25, 0.3) is 0 Å². The number of carboxylic acids is 1. The smallest absolute Gasteiger partial charge is 0.545 e. The summed E-state index contributed by atoms with van der Waals surface area (Å²) in [5.74, 6) is -2.03. The number of carboxylic acid groups (broad SMARTS) is 1. The van der Waals surface area contributed by atoms with Gasteiger partial charge in [-0.05, 0) is 80.4 Å². The Kier molecular flexibility index (Phi) is 36.7. The molecule has 18 nitrogen and oxygen atoms in total. The van der Waals surface area contributed by atoms with Gasteiger partial charge < -0.3 is 57.8 Å². The molecular formula is C50H63Cl4NaO18S. The summed E-state index contributed by atoms with van der Waals surface area (Å²) in [6.45, 7) is 12.3. The normalized spacial score (nSPS) is 13.9. The van der Waals surface area contributed by atoms with Crippen molar-refractivity contribution in [1.29, 1.82) is 0 Å². The molecule has 0 bridgehead atoms. The second-order valence-electron chi connectivity index (χ2n) is 16.4. The first-order valence-electron chi connectivity index (χ1n) is 21.0. The molecule has 406 valence electrons. The van der Waals surface area contributed by atoms with Crippen molar-refractivity contribution in [3.63, 3.8) is 0 Å². The van der Waals surface area contributed by atoms with E-state index in [0.29, 0.717) is 11.5 Å². The third-order valence-corrected chi connectivity index (χ3v) is 10.6. The Balaban J connectivity index is -0.000000863. The molecule has 5 N–H and O–H groups in total. The number of allylic oxidation sites excluding steroid dienone is 6. The summed E-state index contributed by atoms with van der Waals surface area (Å²) < 4.78 is 33.1. The molecule has 4 aromatic rings. The maximum atomic E-state index is 11.8. The molecule has 0 atom stereocenters. The molecule has 0 unspecified atom stereocenters. The molecule has 4 heterocycles. The van der Waals surface area contributed by atoms with Gasteiger partial charge in [0, 0.05) is 51.7 Å². The zero-order valence-electron chi connectivity index (χ0n) is 40.5. The van der Waals surface area contributed by atoms with Crippen molar-refractivity contribution in [2.24, 2.45) is 10.8 Å². The zero-order valence-corrected chi connectivity index (χ0v) is 46.3. The van der Waals surface area contributed by atoms with Crippen LogP contribution in [0.5, 0.6) is 23.0 Å². The van der Waals surface area contributed by atoms with Gasteiger partial charge >= 0.3 is 35.5 Å². The number of aromatic hydroxyl groups is 4. The Bertz CT molecular complexity index is 2640. The Hall–Kier alpha value is -4.83. The molecule has 0 saturated carbocycles. The number of hydrogen-bond acceptors (Lipinski definition) is 18. The number of carbonyl (C=O) groups excluding carboxylic acids is 2. The number of aliphatic carboxylic acids is 1. The van der Waals surface area contributed by atoms with Crippen LogP contribution in [0.15, 0.2) is 133 Å². The Labute approximate surface area is 472 Å². The molecule has 0 aliphatic heterocycles. The molecule has 6 rings (SSSR count). The number of aliphatic hydroxyl groups is 1. The average Bonchev–Trinajstić information content (AvgIpc) is 3.29. The minimum atomic E-state index is -1.67. The molecule has 0 spiro atoms. The van der Waals surface area contributed by atoms with E-state index in [4.69, 9.17) is 70.9 Å². The van der Waals surface area contributed by atoms with E-state index in [0.717, 1.165) is 86.7 Å². The number of esters is 1. The molecule has 0 fully saturated rings. The summed E-state index contributed by atoms with van der Waals surface area (Å²) >= 11 is 10.7. The minimum Gasteiger partial charge on any atom is -0.545 e. The van der Waals surface area contributed by atoms with Crippen molar-refractivity contribution >= 4 is 65.7 Å². The van der Waals surface area contributed by atoms with Crippen molar-refractivity contribution in [3.8, 4) is 23.0 Å². The number of carbonyl (C=O) groups is 2. The van der Waals surface area contributed by atoms with Gasteiger partial charge in [-0.1, -0.05) is 65.8 Å². The third kappa shape index (κ3) is 28.2. The van der Waals surface area contributed by atoms with E-state index < -0.39 is 65.9 Å². The van der Waals surface area contributed by atoms with Crippen LogP contribution >= 0.6 is 44.6 Å². The number of ether oxygens (including phenoxy) is 1. The van der Waals surface area contributed by atoms with Crippen LogP contribution in [0, 0.1) is 10.8 Å². The number of hydrogen-bond donors (Lipinski definition) is 5. The van der Waals surface area contributed by atoms with E-state index in [1.807, 2.05) is 6.08 Å². The first-order valence-corrected chi connectivity index (χ1v) is 24.9. The van der Waals surface area contributed by atoms with E-state index in [9.17, 15) is 33.9 Å². The quantitative estimate of drug-likeness (QED) is 0.0387. The maximum Gasteiger partial charge on any atom is 1.00 e. The van der Waals surface area contributed by atoms with Crippen LogP contribution in [0.2, 0.25) is 0 Å². The van der Waals surface area contributed by atoms with Gasteiger partial charge in [-0.2, -0.15) is 0 Å². The molecule has 4 aromatic heterocycles.